The molecule has 6 atom stereocenters. The molecule has 0 amide bonds. The van der Waals surface area contributed by atoms with Gasteiger partial charge in [-0.05, 0) is 26.2 Å². The number of rotatable bonds is 9. The number of methoxy groups -OCH3 is 1. The Morgan fingerprint density at radius 1 is 1.46 bits per heavy atom. The van der Waals surface area contributed by atoms with Gasteiger partial charge in [0.1, 0.15) is 23.9 Å². The lowest BCUT2D eigenvalue weighted by Crippen LogP contribution is -2.44. The fraction of sp³-hybridized carbons (Fsp3) is 0.714. The summed E-state index contributed by atoms with van der Waals surface area (Å²) in [4.78, 5) is 24.9. The molecule has 206 valence electrons. The van der Waals surface area contributed by atoms with Crippen LogP contribution in [0.2, 0.25) is 0 Å². The van der Waals surface area contributed by atoms with E-state index in [-0.39, 0.29) is 24.1 Å². The molecule has 2 fully saturated rings. The molecule has 16 heteroatoms. The summed E-state index contributed by atoms with van der Waals surface area (Å²) in [7, 11) is 1.41. The van der Waals surface area contributed by atoms with Crippen LogP contribution in [0.25, 0.3) is 11.2 Å². The summed E-state index contributed by atoms with van der Waals surface area (Å²) in [5.74, 6) is 0.128. The number of carbonyl (C=O) groups is 1. The van der Waals surface area contributed by atoms with Crippen molar-refractivity contribution in [2.75, 3.05) is 31.8 Å². The maximum Gasteiger partial charge on any atom is 0.327 e. The van der Waals surface area contributed by atoms with Gasteiger partial charge in [0.15, 0.2) is 17.4 Å². The number of hydrogen-bond donors (Lipinski definition) is 4. The Balaban J connectivity index is 1.47. The summed E-state index contributed by atoms with van der Waals surface area (Å²) < 4.78 is 37.1. The largest absolute Gasteiger partial charge is 0.479 e. The van der Waals surface area contributed by atoms with Crippen LogP contribution >= 0.6 is 18.1 Å². The SMILES string of the molecule is CCCCOC(=O)[C@@H]1CCCS[P@@](=O)(OC[C@H]2OC(n3cnc4c(OC)nc(N)nc43)[C@](C)(O)[C@@H]2O)N1. The molecule has 1 unspecified atom stereocenters. The summed E-state index contributed by atoms with van der Waals surface area (Å²) in [6, 6.07) is -0.764. The highest BCUT2D eigenvalue weighted by Crippen LogP contribution is 2.58. The van der Waals surface area contributed by atoms with Gasteiger partial charge in [-0.25, -0.2) is 10.1 Å². The molecular weight excluding hydrogens is 527 g/mol. The van der Waals surface area contributed by atoms with Gasteiger partial charge in [-0.2, -0.15) is 9.97 Å². The topological polar surface area (TPSA) is 193 Å². The fourth-order valence-corrected chi connectivity index (χ4v) is 8.04. The van der Waals surface area contributed by atoms with Crippen LogP contribution in [0, 0.1) is 0 Å². The number of carbonyl (C=O) groups excluding carboxylic acids is 1. The average Bonchev–Trinajstić information content (AvgIpc) is 3.28. The fourth-order valence-electron chi connectivity index (χ4n) is 4.20. The number of unbranched alkanes of at least 4 members (excludes halogenated alkanes) is 1. The van der Waals surface area contributed by atoms with Gasteiger partial charge < -0.3 is 34.7 Å². The highest BCUT2D eigenvalue weighted by molar-refractivity contribution is 8.56. The number of aliphatic hydroxyl groups excluding tert-OH is 1. The van der Waals surface area contributed by atoms with E-state index in [9.17, 15) is 19.6 Å². The molecule has 0 aromatic carbocycles. The first-order chi connectivity index (χ1) is 17.6. The van der Waals surface area contributed by atoms with E-state index >= 15 is 0 Å². The third-order valence-electron chi connectivity index (χ3n) is 6.26. The van der Waals surface area contributed by atoms with Crippen LogP contribution in [0.1, 0.15) is 45.8 Å². The maximum atomic E-state index is 13.5. The Bertz CT molecular complexity index is 1170. The number of anilines is 1. The second-order valence-corrected chi connectivity index (χ2v) is 13.5. The number of nitrogens with two attached hydrogens (primary N) is 1. The molecule has 0 saturated carbocycles. The molecule has 5 N–H and O–H groups in total. The molecule has 37 heavy (non-hydrogen) atoms. The standard InChI is InChI=1S/C21H33N6O8PS/c1-4-5-8-33-18(29)12-7-6-9-37-36(31,26-12)34-10-13-15(28)21(2,30)19(35-13)27-11-23-14-16(27)24-20(22)25-17(14)32-3/h11-13,15,19,28,30H,4-10H2,1-3H3,(H,26,31)(H2,22,24,25)/t12-,13+,15+,19?,21+,36-/m0/s1. The summed E-state index contributed by atoms with van der Waals surface area (Å²) in [5, 5.41) is 24.9. The number of nitrogens with one attached hydrogen (secondary N) is 1. The van der Waals surface area contributed by atoms with E-state index < -0.39 is 42.8 Å². The Kier molecular flexibility index (Phi) is 8.63. The Morgan fingerprint density at radius 3 is 2.97 bits per heavy atom. The van der Waals surface area contributed by atoms with E-state index in [0.29, 0.717) is 30.7 Å². The van der Waals surface area contributed by atoms with Crippen LogP contribution < -0.4 is 15.6 Å². The highest BCUT2D eigenvalue weighted by Gasteiger charge is 2.54. The van der Waals surface area contributed by atoms with Crippen molar-refractivity contribution in [1.82, 2.24) is 24.6 Å². The smallest absolute Gasteiger partial charge is 0.327 e. The molecule has 0 radical (unpaired) electrons. The van der Waals surface area contributed by atoms with Gasteiger partial charge in [0.2, 0.25) is 11.8 Å². The van der Waals surface area contributed by atoms with E-state index in [1.54, 1.807) is 0 Å². The molecule has 2 aromatic heterocycles. The monoisotopic (exact) mass is 560 g/mol. The summed E-state index contributed by atoms with van der Waals surface area (Å²) in [6.45, 7) is -0.156. The van der Waals surface area contributed by atoms with Gasteiger partial charge >= 0.3 is 12.7 Å². The molecule has 2 aromatic rings. The number of fused-ring (bicyclic) bond motifs is 1. The van der Waals surface area contributed by atoms with Crippen LogP contribution in [0.15, 0.2) is 6.33 Å². The molecule has 2 aliphatic heterocycles. The Morgan fingerprint density at radius 2 is 2.24 bits per heavy atom. The number of imidazole rings is 1. The van der Waals surface area contributed by atoms with Crippen molar-refractivity contribution in [1.29, 1.82) is 0 Å². The third-order valence-corrected chi connectivity index (χ3v) is 10.4. The second kappa shape index (κ2) is 11.4. The summed E-state index contributed by atoms with van der Waals surface area (Å²) in [6.07, 6.45) is 0.538. The van der Waals surface area contributed by atoms with Gasteiger partial charge in [0.25, 0.3) is 0 Å². The minimum atomic E-state index is -3.54. The van der Waals surface area contributed by atoms with Crippen molar-refractivity contribution in [3.05, 3.63) is 6.33 Å². The third kappa shape index (κ3) is 5.87. The molecule has 0 aliphatic carbocycles. The number of nitrogens with zero attached hydrogens (tertiary/aromatic N) is 4. The Labute approximate surface area is 217 Å². The van der Waals surface area contributed by atoms with Crippen LogP contribution in [0.3, 0.4) is 0 Å². The molecule has 14 nitrogen and oxygen atoms in total. The minimum Gasteiger partial charge on any atom is -0.479 e. The first-order valence-electron chi connectivity index (χ1n) is 12.0. The normalized spacial score (nSPS) is 32.4. The predicted octanol–water partition coefficient (Wildman–Crippen LogP) is 1.38. The lowest BCUT2D eigenvalue weighted by molar-refractivity contribution is -0.146. The van der Waals surface area contributed by atoms with E-state index in [1.165, 1.54) is 24.9 Å². The molecule has 4 rings (SSSR count). The van der Waals surface area contributed by atoms with E-state index in [4.69, 9.17) is 24.5 Å². The summed E-state index contributed by atoms with van der Waals surface area (Å²) >= 11 is 1.08. The van der Waals surface area contributed by atoms with Crippen molar-refractivity contribution in [2.24, 2.45) is 0 Å². The number of esters is 1. The number of aliphatic hydroxyl groups is 2. The Hall–Kier alpha value is -2.00. The average molecular weight is 561 g/mol. The van der Waals surface area contributed by atoms with Crippen LogP contribution in [-0.2, 0) is 23.4 Å². The first kappa shape index (κ1) is 28.0. The van der Waals surface area contributed by atoms with Crippen molar-refractivity contribution in [2.45, 2.75) is 69.6 Å². The van der Waals surface area contributed by atoms with Crippen molar-refractivity contribution < 1.29 is 38.3 Å². The quantitative estimate of drug-likeness (QED) is 0.195. The van der Waals surface area contributed by atoms with Crippen molar-refractivity contribution >= 4 is 41.2 Å². The molecule has 2 saturated heterocycles. The van der Waals surface area contributed by atoms with E-state index in [2.05, 4.69) is 20.0 Å². The number of nitrogen functional groups attached to an aromatic ring is 1. The highest BCUT2D eigenvalue weighted by atomic mass is 32.7. The zero-order valence-corrected chi connectivity index (χ0v) is 22.6. The molecular formula is C21H33N6O8PS. The van der Waals surface area contributed by atoms with E-state index in [1.807, 2.05) is 6.92 Å². The number of aromatic nitrogens is 4. The lowest BCUT2D eigenvalue weighted by atomic mass is 9.96. The predicted molar refractivity (Wildman–Crippen MR) is 135 cm³/mol. The summed E-state index contributed by atoms with van der Waals surface area (Å²) in [5.41, 5.74) is 4.53. The lowest BCUT2D eigenvalue weighted by Gasteiger charge is -2.27. The van der Waals surface area contributed by atoms with Gasteiger partial charge in [-0.15, -0.1) is 0 Å². The van der Waals surface area contributed by atoms with Crippen molar-refractivity contribution in [3.63, 3.8) is 0 Å². The minimum absolute atomic E-state index is 0.0680. The number of ether oxygens (including phenoxy) is 3. The molecule has 4 heterocycles. The zero-order chi connectivity index (χ0) is 26.8. The van der Waals surface area contributed by atoms with Crippen LogP contribution in [-0.4, -0.2) is 85.6 Å². The maximum absolute atomic E-state index is 13.5. The molecule has 2 aliphatic rings. The first-order valence-corrected chi connectivity index (χ1v) is 15.2. The van der Waals surface area contributed by atoms with Crippen molar-refractivity contribution in [3.8, 4) is 5.88 Å². The molecule has 0 bridgehead atoms. The van der Waals surface area contributed by atoms with E-state index in [0.717, 1.165) is 24.2 Å². The zero-order valence-electron chi connectivity index (χ0n) is 20.9. The second-order valence-electron chi connectivity index (χ2n) is 9.08. The van der Waals surface area contributed by atoms with Gasteiger partial charge in [-0.1, -0.05) is 24.7 Å². The molecule has 0 spiro atoms. The van der Waals surface area contributed by atoms with Crippen LogP contribution in [0.4, 0.5) is 5.95 Å². The number of hydrogen-bond acceptors (Lipinski definition) is 13. The van der Waals surface area contributed by atoms with Gasteiger partial charge in [0.05, 0.1) is 26.7 Å². The van der Waals surface area contributed by atoms with Crippen LogP contribution in [0.5, 0.6) is 5.88 Å². The van der Waals surface area contributed by atoms with Gasteiger partial charge in [-0.3, -0.25) is 13.9 Å². The van der Waals surface area contributed by atoms with Gasteiger partial charge in [0, 0.05) is 5.75 Å².